The molecule has 0 aliphatic heterocycles. The van der Waals surface area contributed by atoms with Crippen LogP contribution in [-0.4, -0.2) is 13.4 Å². The number of rotatable bonds is 4. The van der Waals surface area contributed by atoms with Crippen molar-refractivity contribution in [1.29, 1.82) is 0 Å². The average molecular weight is 306 g/mol. The lowest BCUT2D eigenvalue weighted by Gasteiger charge is -2.19. The standard InChI is InChI=1S/C14H18N4O2S/c1-9-13(6-12(15)7-14(9)21(16,19)20)18-10(2)11-4-3-5-17-8-11/h3-8,10,18H,15H2,1-2H3,(H2,16,19,20). The van der Waals surface area contributed by atoms with Crippen LogP contribution in [0.5, 0.6) is 0 Å². The van der Waals surface area contributed by atoms with E-state index in [4.69, 9.17) is 10.9 Å². The van der Waals surface area contributed by atoms with E-state index in [1.165, 1.54) is 6.07 Å². The van der Waals surface area contributed by atoms with Gasteiger partial charge in [0.2, 0.25) is 10.0 Å². The van der Waals surface area contributed by atoms with Gasteiger partial charge in [-0.15, -0.1) is 0 Å². The summed E-state index contributed by atoms with van der Waals surface area (Å²) < 4.78 is 23.2. The quantitative estimate of drug-likeness (QED) is 0.746. The third-order valence-corrected chi connectivity index (χ3v) is 4.28. The summed E-state index contributed by atoms with van der Waals surface area (Å²) in [6.07, 6.45) is 3.45. The Morgan fingerprint density at radius 1 is 1.33 bits per heavy atom. The number of sulfonamides is 1. The number of nitrogen functional groups attached to an aromatic ring is 1. The van der Waals surface area contributed by atoms with Gasteiger partial charge in [-0.1, -0.05) is 6.07 Å². The molecule has 112 valence electrons. The van der Waals surface area contributed by atoms with Crippen molar-refractivity contribution in [2.45, 2.75) is 24.8 Å². The molecule has 0 saturated heterocycles. The Morgan fingerprint density at radius 3 is 2.62 bits per heavy atom. The van der Waals surface area contributed by atoms with Gasteiger partial charge >= 0.3 is 0 Å². The lowest BCUT2D eigenvalue weighted by atomic mass is 10.1. The summed E-state index contributed by atoms with van der Waals surface area (Å²) in [5.41, 5.74) is 8.27. The van der Waals surface area contributed by atoms with Gasteiger partial charge in [-0.25, -0.2) is 13.6 Å². The number of pyridine rings is 1. The number of nitrogens with one attached hydrogen (secondary N) is 1. The molecule has 0 radical (unpaired) electrons. The molecule has 0 amide bonds. The highest BCUT2D eigenvalue weighted by Crippen LogP contribution is 2.28. The van der Waals surface area contributed by atoms with E-state index in [0.717, 1.165) is 5.56 Å². The van der Waals surface area contributed by atoms with Crippen molar-refractivity contribution >= 4 is 21.4 Å². The average Bonchev–Trinajstić information content (AvgIpc) is 2.42. The maximum absolute atomic E-state index is 11.6. The fourth-order valence-electron chi connectivity index (χ4n) is 2.10. The highest BCUT2D eigenvalue weighted by atomic mass is 32.2. The fourth-order valence-corrected chi connectivity index (χ4v) is 2.94. The first-order chi connectivity index (χ1) is 9.79. The van der Waals surface area contributed by atoms with Crippen LogP contribution < -0.4 is 16.2 Å². The van der Waals surface area contributed by atoms with Gasteiger partial charge in [-0.05, 0) is 43.2 Å². The predicted octanol–water partition coefficient (Wildman–Crippen LogP) is 1.79. The number of nitrogens with two attached hydrogens (primary N) is 2. The number of benzene rings is 1. The molecule has 1 atom stereocenters. The largest absolute Gasteiger partial charge is 0.399 e. The summed E-state index contributed by atoms with van der Waals surface area (Å²) >= 11 is 0. The molecule has 1 heterocycles. The Hall–Kier alpha value is -2.12. The molecule has 0 aliphatic rings. The van der Waals surface area contributed by atoms with E-state index in [-0.39, 0.29) is 10.9 Å². The second kappa shape index (κ2) is 5.71. The van der Waals surface area contributed by atoms with E-state index in [9.17, 15) is 8.42 Å². The Labute approximate surface area is 124 Å². The topological polar surface area (TPSA) is 111 Å². The number of anilines is 2. The van der Waals surface area contributed by atoms with Crippen molar-refractivity contribution in [3.63, 3.8) is 0 Å². The van der Waals surface area contributed by atoms with E-state index in [2.05, 4.69) is 10.3 Å². The van der Waals surface area contributed by atoms with Crippen LogP contribution in [0.1, 0.15) is 24.1 Å². The number of hydrogen-bond donors (Lipinski definition) is 3. The van der Waals surface area contributed by atoms with Crippen LogP contribution in [0.25, 0.3) is 0 Å². The molecule has 6 nitrogen and oxygen atoms in total. The van der Waals surface area contributed by atoms with E-state index in [0.29, 0.717) is 16.9 Å². The number of aromatic nitrogens is 1. The number of primary sulfonamides is 1. The first-order valence-corrected chi connectivity index (χ1v) is 7.93. The summed E-state index contributed by atoms with van der Waals surface area (Å²) in [6, 6.07) is 6.79. The highest BCUT2D eigenvalue weighted by Gasteiger charge is 2.17. The van der Waals surface area contributed by atoms with E-state index < -0.39 is 10.0 Å². The molecule has 2 rings (SSSR count). The lowest BCUT2D eigenvalue weighted by molar-refractivity contribution is 0.597. The van der Waals surface area contributed by atoms with Crippen LogP contribution in [0.4, 0.5) is 11.4 Å². The Kier molecular flexibility index (Phi) is 4.15. The third-order valence-electron chi connectivity index (χ3n) is 3.25. The summed E-state index contributed by atoms with van der Waals surface area (Å²) in [7, 11) is -3.81. The fraction of sp³-hybridized carbons (Fsp3) is 0.214. The normalized spacial score (nSPS) is 12.9. The summed E-state index contributed by atoms with van der Waals surface area (Å²) in [6.45, 7) is 3.65. The molecule has 0 spiro atoms. The van der Waals surface area contributed by atoms with E-state index in [1.54, 1.807) is 25.4 Å². The van der Waals surface area contributed by atoms with Crippen LogP contribution in [-0.2, 0) is 10.0 Å². The second-order valence-electron chi connectivity index (χ2n) is 4.89. The molecule has 1 unspecified atom stereocenters. The molecule has 0 fully saturated rings. The van der Waals surface area contributed by atoms with Crippen molar-refractivity contribution in [3.05, 3.63) is 47.8 Å². The number of nitrogens with zero attached hydrogens (tertiary/aromatic N) is 1. The molecule has 5 N–H and O–H groups in total. The van der Waals surface area contributed by atoms with Crippen LogP contribution in [0.2, 0.25) is 0 Å². The first kappa shape index (κ1) is 15.3. The summed E-state index contributed by atoms with van der Waals surface area (Å²) in [5.74, 6) is 0. The maximum Gasteiger partial charge on any atom is 0.238 e. The van der Waals surface area contributed by atoms with Gasteiger partial charge in [-0.3, -0.25) is 4.98 Å². The van der Waals surface area contributed by atoms with E-state index >= 15 is 0 Å². The molecule has 2 aromatic rings. The molecule has 0 saturated carbocycles. The van der Waals surface area contributed by atoms with Gasteiger partial charge in [0.05, 0.1) is 10.9 Å². The minimum Gasteiger partial charge on any atom is -0.399 e. The molecule has 0 aliphatic carbocycles. The maximum atomic E-state index is 11.6. The van der Waals surface area contributed by atoms with Gasteiger partial charge in [0.1, 0.15) is 0 Å². The van der Waals surface area contributed by atoms with Crippen LogP contribution in [0.15, 0.2) is 41.6 Å². The molecule has 7 heteroatoms. The van der Waals surface area contributed by atoms with Crippen LogP contribution in [0.3, 0.4) is 0 Å². The predicted molar refractivity (Wildman–Crippen MR) is 83.2 cm³/mol. The first-order valence-electron chi connectivity index (χ1n) is 6.38. The minimum atomic E-state index is -3.81. The van der Waals surface area contributed by atoms with Gasteiger partial charge in [0, 0.05) is 23.8 Å². The highest BCUT2D eigenvalue weighted by molar-refractivity contribution is 7.89. The zero-order valence-corrected chi connectivity index (χ0v) is 12.7. The molecular weight excluding hydrogens is 288 g/mol. The number of hydrogen-bond acceptors (Lipinski definition) is 5. The molecule has 21 heavy (non-hydrogen) atoms. The molecule has 0 bridgehead atoms. The summed E-state index contributed by atoms with van der Waals surface area (Å²) in [4.78, 5) is 4.09. The second-order valence-corrected chi connectivity index (χ2v) is 6.42. The zero-order chi connectivity index (χ0) is 15.6. The Morgan fingerprint density at radius 2 is 2.05 bits per heavy atom. The van der Waals surface area contributed by atoms with Gasteiger partial charge in [-0.2, -0.15) is 0 Å². The van der Waals surface area contributed by atoms with Crippen molar-refractivity contribution in [1.82, 2.24) is 4.98 Å². The van der Waals surface area contributed by atoms with Gasteiger partial charge < -0.3 is 11.1 Å². The molecular formula is C14H18N4O2S. The van der Waals surface area contributed by atoms with Crippen LogP contribution in [0, 0.1) is 6.92 Å². The SMILES string of the molecule is Cc1c(NC(C)c2cccnc2)cc(N)cc1S(N)(=O)=O. The van der Waals surface area contributed by atoms with E-state index in [1.807, 2.05) is 19.1 Å². The molecule has 1 aromatic heterocycles. The molecule has 1 aromatic carbocycles. The lowest BCUT2D eigenvalue weighted by Crippen LogP contribution is -2.16. The third kappa shape index (κ3) is 3.50. The van der Waals surface area contributed by atoms with Gasteiger partial charge in [0.15, 0.2) is 0 Å². The summed E-state index contributed by atoms with van der Waals surface area (Å²) in [5, 5.41) is 8.46. The van der Waals surface area contributed by atoms with Crippen LogP contribution >= 0.6 is 0 Å². The van der Waals surface area contributed by atoms with Crippen molar-refractivity contribution in [3.8, 4) is 0 Å². The Bertz CT molecular complexity index is 745. The van der Waals surface area contributed by atoms with Crippen molar-refractivity contribution in [2.75, 3.05) is 11.1 Å². The zero-order valence-electron chi connectivity index (χ0n) is 11.9. The minimum absolute atomic E-state index is 0.0309. The monoisotopic (exact) mass is 306 g/mol. The smallest absolute Gasteiger partial charge is 0.238 e. The van der Waals surface area contributed by atoms with Crippen molar-refractivity contribution < 1.29 is 8.42 Å². The van der Waals surface area contributed by atoms with Crippen molar-refractivity contribution in [2.24, 2.45) is 5.14 Å². The Balaban J connectivity index is 2.39. The van der Waals surface area contributed by atoms with Gasteiger partial charge in [0.25, 0.3) is 0 Å².